The highest BCUT2D eigenvalue weighted by atomic mass is 32.2. The number of hydrogen-bond acceptors (Lipinski definition) is 6. The van der Waals surface area contributed by atoms with Gasteiger partial charge in [0.2, 0.25) is 5.91 Å². The molecule has 1 aliphatic carbocycles. The molecule has 1 amide bonds. The highest BCUT2D eigenvalue weighted by Gasteiger charge is 2.18. The lowest BCUT2D eigenvalue weighted by Crippen LogP contribution is -2.07. The molecule has 7 heteroatoms. The molecule has 1 aliphatic rings. The Bertz CT molecular complexity index is 1350. The van der Waals surface area contributed by atoms with E-state index in [1.165, 1.54) is 39.0 Å². The largest absolute Gasteiger partial charge is 0.339 e. The van der Waals surface area contributed by atoms with E-state index in [1.807, 2.05) is 24.3 Å². The monoisotopic (exact) mass is 483 g/mol. The van der Waals surface area contributed by atoms with Gasteiger partial charge in [0.25, 0.3) is 0 Å². The third-order valence-corrected chi connectivity index (χ3v) is 7.42. The van der Waals surface area contributed by atoms with Crippen molar-refractivity contribution >= 4 is 45.9 Å². The summed E-state index contributed by atoms with van der Waals surface area (Å²) in [7, 11) is 0. The summed E-state index contributed by atoms with van der Waals surface area (Å²) in [6, 6.07) is 18.5. The number of pyridine rings is 1. The van der Waals surface area contributed by atoms with Crippen molar-refractivity contribution in [3.63, 3.8) is 0 Å². The first-order valence-electron chi connectivity index (χ1n) is 12.1. The predicted molar refractivity (Wildman–Crippen MR) is 142 cm³/mol. The molecule has 0 saturated heterocycles. The van der Waals surface area contributed by atoms with E-state index >= 15 is 0 Å². The lowest BCUT2D eigenvalue weighted by atomic mass is 9.86. The van der Waals surface area contributed by atoms with Gasteiger partial charge in [-0.3, -0.25) is 4.79 Å². The zero-order chi connectivity index (χ0) is 24.2. The molecular weight excluding hydrogens is 454 g/mol. The number of fused-ring (bicyclic) bond motifs is 1. The molecule has 178 valence electrons. The average molecular weight is 484 g/mol. The van der Waals surface area contributed by atoms with Crippen LogP contribution in [0.4, 0.5) is 17.2 Å². The number of rotatable bonds is 6. The Morgan fingerprint density at radius 2 is 1.77 bits per heavy atom. The third-order valence-electron chi connectivity index (χ3n) is 6.33. The highest BCUT2D eigenvalue weighted by molar-refractivity contribution is 7.99. The van der Waals surface area contributed by atoms with Crippen molar-refractivity contribution in [2.24, 2.45) is 0 Å². The van der Waals surface area contributed by atoms with Crippen LogP contribution in [0.5, 0.6) is 0 Å². The van der Waals surface area contributed by atoms with Gasteiger partial charge in [0.15, 0.2) is 5.65 Å². The van der Waals surface area contributed by atoms with Gasteiger partial charge in [-0.15, -0.1) is 0 Å². The lowest BCUT2D eigenvalue weighted by molar-refractivity contribution is -0.114. The van der Waals surface area contributed by atoms with E-state index < -0.39 is 0 Å². The molecule has 1 saturated carbocycles. The molecule has 2 N–H and O–H groups in total. The van der Waals surface area contributed by atoms with E-state index in [0.717, 1.165) is 49.3 Å². The second-order valence-electron chi connectivity index (χ2n) is 9.10. The van der Waals surface area contributed by atoms with Gasteiger partial charge in [0.05, 0.1) is 11.1 Å². The van der Waals surface area contributed by atoms with Crippen molar-refractivity contribution in [2.75, 3.05) is 10.6 Å². The van der Waals surface area contributed by atoms with E-state index in [1.54, 1.807) is 18.1 Å². The standard InChI is InChI=1S/C28H29N5OS/c1-18-8-15-26(35-22-11-9-21(10-12-22)31-19(2)34)25(16-18)33-28-23-13-14-24(20-6-4-3-5-7-20)32-27(23)29-17-30-28/h8-17,20H,3-7H2,1-2H3,(H,31,34)(H,29,30,32,33). The normalized spacial score (nSPS) is 14.1. The van der Waals surface area contributed by atoms with Gasteiger partial charge < -0.3 is 10.6 Å². The van der Waals surface area contributed by atoms with Crippen LogP contribution in [-0.4, -0.2) is 20.9 Å². The first-order valence-corrected chi connectivity index (χ1v) is 12.9. The summed E-state index contributed by atoms with van der Waals surface area (Å²) in [6.45, 7) is 3.59. The van der Waals surface area contributed by atoms with Crippen LogP contribution < -0.4 is 10.6 Å². The summed E-state index contributed by atoms with van der Waals surface area (Å²) in [4.78, 5) is 27.4. The molecule has 0 bridgehead atoms. The number of amides is 1. The number of hydrogen-bond donors (Lipinski definition) is 2. The Morgan fingerprint density at radius 3 is 2.54 bits per heavy atom. The molecule has 0 spiro atoms. The predicted octanol–water partition coefficient (Wildman–Crippen LogP) is 7.23. The molecule has 35 heavy (non-hydrogen) atoms. The van der Waals surface area contributed by atoms with Crippen molar-refractivity contribution in [3.8, 4) is 0 Å². The zero-order valence-corrected chi connectivity index (χ0v) is 20.9. The van der Waals surface area contributed by atoms with Crippen LogP contribution in [0.1, 0.15) is 56.2 Å². The second kappa shape index (κ2) is 10.4. The van der Waals surface area contributed by atoms with Crippen molar-refractivity contribution < 1.29 is 4.79 Å². The van der Waals surface area contributed by atoms with Crippen molar-refractivity contribution in [2.45, 2.75) is 61.7 Å². The molecule has 2 aromatic heterocycles. The third kappa shape index (κ3) is 5.62. The average Bonchev–Trinajstić information content (AvgIpc) is 2.87. The van der Waals surface area contributed by atoms with E-state index in [-0.39, 0.29) is 5.91 Å². The molecule has 1 fully saturated rings. The molecule has 5 rings (SSSR count). The zero-order valence-electron chi connectivity index (χ0n) is 20.0. The van der Waals surface area contributed by atoms with Crippen LogP contribution in [0.3, 0.4) is 0 Å². The number of nitrogens with one attached hydrogen (secondary N) is 2. The maximum absolute atomic E-state index is 11.3. The summed E-state index contributed by atoms with van der Waals surface area (Å²) in [5.41, 5.74) is 4.82. The quantitative estimate of drug-likeness (QED) is 0.301. The number of benzene rings is 2. The van der Waals surface area contributed by atoms with E-state index in [9.17, 15) is 4.79 Å². The van der Waals surface area contributed by atoms with Crippen LogP contribution in [0.2, 0.25) is 0 Å². The number of carbonyl (C=O) groups is 1. The van der Waals surface area contributed by atoms with Gasteiger partial charge in [-0.05, 0) is 73.9 Å². The number of aryl methyl sites for hydroxylation is 1. The van der Waals surface area contributed by atoms with Gasteiger partial charge in [0, 0.05) is 34.0 Å². The van der Waals surface area contributed by atoms with Gasteiger partial charge in [0.1, 0.15) is 12.1 Å². The van der Waals surface area contributed by atoms with Crippen LogP contribution in [0.25, 0.3) is 11.0 Å². The minimum Gasteiger partial charge on any atom is -0.339 e. The molecule has 0 unspecified atom stereocenters. The number of carbonyl (C=O) groups excluding carboxylic acids is 1. The van der Waals surface area contributed by atoms with Gasteiger partial charge >= 0.3 is 0 Å². The molecule has 6 nitrogen and oxygen atoms in total. The van der Waals surface area contributed by atoms with E-state index in [0.29, 0.717) is 5.92 Å². The van der Waals surface area contributed by atoms with Gasteiger partial charge in [-0.2, -0.15) is 0 Å². The minimum absolute atomic E-state index is 0.0761. The summed E-state index contributed by atoms with van der Waals surface area (Å²) < 4.78 is 0. The van der Waals surface area contributed by atoms with Crippen LogP contribution >= 0.6 is 11.8 Å². The highest BCUT2D eigenvalue weighted by Crippen LogP contribution is 2.37. The number of anilines is 3. The molecular formula is C28H29N5OS. The van der Waals surface area contributed by atoms with Crippen molar-refractivity contribution in [1.29, 1.82) is 0 Å². The topological polar surface area (TPSA) is 79.8 Å². The molecule has 2 aromatic carbocycles. The van der Waals surface area contributed by atoms with Gasteiger partial charge in [-0.1, -0.05) is 37.1 Å². The molecule has 0 atom stereocenters. The molecule has 2 heterocycles. The fourth-order valence-corrected chi connectivity index (χ4v) is 5.46. The van der Waals surface area contributed by atoms with E-state index in [2.05, 4.69) is 57.9 Å². The molecule has 4 aromatic rings. The summed E-state index contributed by atoms with van der Waals surface area (Å²) in [5, 5.41) is 7.27. The fraction of sp³-hybridized carbons (Fsp3) is 0.286. The van der Waals surface area contributed by atoms with Crippen molar-refractivity contribution in [3.05, 3.63) is 72.2 Å². The minimum atomic E-state index is -0.0761. The lowest BCUT2D eigenvalue weighted by Gasteiger charge is -2.21. The summed E-state index contributed by atoms with van der Waals surface area (Å²) in [5.74, 6) is 1.22. The first-order chi connectivity index (χ1) is 17.0. The Balaban J connectivity index is 1.41. The Kier molecular flexibility index (Phi) is 6.95. The SMILES string of the molecule is CC(=O)Nc1ccc(Sc2ccc(C)cc2Nc2ncnc3nc(C4CCCCC4)ccc23)cc1. The first kappa shape index (κ1) is 23.3. The summed E-state index contributed by atoms with van der Waals surface area (Å²) >= 11 is 1.66. The van der Waals surface area contributed by atoms with Crippen LogP contribution in [-0.2, 0) is 4.79 Å². The summed E-state index contributed by atoms with van der Waals surface area (Å²) in [6.07, 6.45) is 7.91. The smallest absolute Gasteiger partial charge is 0.221 e. The van der Waals surface area contributed by atoms with Gasteiger partial charge in [-0.25, -0.2) is 15.0 Å². The maximum atomic E-state index is 11.3. The van der Waals surface area contributed by atoms with E-state index in [4.69, 9.17) is 4.98 Å². The molecule has 0 radical (unpaired) electrons. The number of aromatic nitrogens is 3. The Hall–Kier alpha value is -3.45. The Morgan fingerprint density at radius 1 is 0.971 bits per heavy atom. The maximum Gasteiger partial charge on any atom is 0.221 e. The molecule has 0 aliphatic heterocycles. The Labute approximate surface area is 210 Å². The van der Waals surface area contributed by atoms with Crippen LogP contribution in [0.15, 0.2) is 70.7 Å². The fourth-order valence-electron chi connectivity index (χ4n) is 4.58. The van der Waals surface area contributed by atoms with Crippen LogP contribution in [0, 0.1) is 6.92 Å². The van der Waals surface area contributed by atoms with Crippen molar-refractivity contribution in [1.82, 2.24) is 15.0 Å². The number of nitrogens with zero attached hydrogens (tertiary/aromatic N) is 3. The second-order valence-corrected chi connectivity index (χ2v) is 10.2.